The summed E-state index contributed by atoms with van der Waals surface area (Å²) >= 11 is 6.00. The van der Waals surface area contributed by atoms with Gasteiger partial charge in [0.05, 0.1) is 12.8 Å². The van der Waals surface area contributed by atoms with Gasteiger partial charge in [0, 0.05) is 17.4 Å². The summed E-state index contributed by atoms with van der Waals surface area (Å²) in [6, 6.07) is 7.61. The van der Waals surface area contributed by atoms with Gasteiger partial charge < -0.3 is 15.0 Å². The lowest BCUT2D eigenvalue weighted by Crippen LogP contribution is -2.01. The second-order valence-corrected chi connectivity index (χ2v) is 4.22. The number of rotatable bonds is 4. The first kappa shape index (κ1) is 12.0. The molecule has 2 rings (SSSR count). The van der Waals surface area contributed by atoms with Crippen LogP contribution < -0.4 is 10.5 Å². The first-order chi connectivity index (χ1) is 8.24. The molecule has 2 aromatic rings. The van der Waals surface area contributed by atoms with Crippen molar-refractivity contribution in [1.82, 2.24) is 4.57 Å². The molecular weight excluding hydrogens is 236 g/mol. The molecule has 0 aliphatic heterocycles. The number of hydrogen-bond donors (Lipinski definition) is 1. The molecule has 4 heteroatoms. The minimum atomic E-state index is 0.649. The van der Waals surface area contributed by atoms with Gasteiger partial charge in [-0.05, 0) is 42.8 Å². The van der Waals surface area contributed by atoms with E-state index in [1.54, 1.807) is 7.11 Å². The van der Waals surface area contributed by atoms with Crippen molar-refractivity contribution < 1.29 is 4.74 Å². The lowest BCUT2D eigenvalue weighted by atomic mass is 10.2. The zero-order chi connectivity index (χ0) is 12.3. The molecule has 0 atom stereocenters. The van der Waals surface area contributed by atoms with Crippen molar-refractivity contribution >= 4 is 11.6 Å². The van der Waals surface area contributed by atoms with E-state index in [0.717, 1.165) is 17.9 Å². The van der Waals surface area contributed by atoms with Crippen LogP contribution in [0, 0.1) is 0 Å². The monoisotopic (exact) mass is 250 g/mol. The fraction of sp³-hybridized carbons (Fsp3) is 0.231. The second-order valence-electron chi connectivity index (χ2n) is 3.78. The number of halogens is 1. The average Bonchev–Trinajstić information content (AvgIpc) is 2.78. The topological polar surface area (TPSA) is 40.2 Å². The third-order valence-electron chi connectivity index (χ3n) is 2.61. The Labute approximate surface area is 106 Å². The van der Waals surface area contributed by atoms with Crippen molar-refractivity contribution in [3.63, 3.8) is 0 Å². The van der Waals surface area contributed by atoms with Crippen molar-refractivity contribution in [3.8, 4) is 11.4 Å². The summed E-state index contributed by atoms with van der Waals surface area (Å²) in [6.45, 7) is 0.649. The van der Waals surface area contributed by atoms with Crippen LogP contribution in [-0.4, -0.2) is 18.2 Å². The number of methoxy groups -OCH3 is 1. The molecule has 0 saturated heterocycles. The maximum Gasteiger partial charge on any atom is 0.142 e. The molecule has 2 N–H and O–H groups in total. The molecule has 0 unspecified atom stereocenters. The van der Waals surface area contributed by atoms with Crippen molar-refractivity contribution in [3.05, 3.63) is 47.2 Å². The smallest absolute Gasteiger partial charge is 0.142 e. The van der Waals surface area contributed by atoms with Crippen LogP contribution in [0.4, 0.5) is 0 Å². The second kappa shape index (κ2) is 5.25. The molecule has 0 spiro atoms. The molecule has 0 bridgehead atoms. The Balaban J connectivity index is 2.40. The van der Waals surface area contributed by atoms with E-state index >= 15 is 0 Å². The van der Waals surface area contributed by atoms with Gasteiger partial charge in [0.1, 0.15) is 5.75 Å². The number of nitrogens with zero attached hydrogens (tertiary/aromatic N) is 1. The van der Waals surface area contributed by atoms with Crippen LogP contribution in [0.1, 0.15) is 5.56 Å². The molecule has 3 nitrogen and oxygen atoms in total. The van der Waals surface area contributed by atoms with Gasteiger partial charge in [0.2, 0.25) is 0 Å². The van der Waals surface area contributed by atoms with Crippen molar-refractivity contribution in [2.45, 2.75) is 6.42 Å². The summed E-state index contributed by atoms with van der Waals surface area (Å²) in [5.41, 5.74) is 7.67. The van der Waals surface area contributed by atoms with E-state index in [9.17, 15) is 0 Å². The highest BCUT2D eigenvalue weighted by molar-refractivity contribution is 6.30. The summed E-state index contributed by atoms with van der Waals surface area (Å²) in [5, 5.41) is 0.690. The van der Waals surface area contributed by atoms with E-state index in [-0.39, 0.29) is 0 Å². The fourth-order valence-electron chi connectivity index (χ4n) is 1.77. The van der Waals surface area contributed by atoms with Gasteiger partial charge in [-0.2, -0.15) is 0 Å². The van der Waals surface area contributed by atoms with E-state index in [1.807, 2.05) is 41.2 Å². The Morgan fingerprint density at radius 3 is 2.88 bits per heavy atom. The Morgan fingerprint density at radius 2 is 2.18 bits per heavy atom. The zero-order valence-electron chi connectivity index (χ0n) is 9.69. The first-order valence-corrected chi connectivity index (χ1v) is 5.83. The van der Waals surface area contributed by atoms with Crippen LogP contribution in [-0.2, 0) is 6.42 Å². The molecule has 90 valence electrons. The predicted octanol–water partition coefficient (Wildman–Crippen LogP) is 2.64. The van der Waals surface area contributed by atoms with Crippen LogP contribution in [0.3, 0.4) is 0 Å². The van der Waals surface area contributed by atoms with Gasteiger partial charge in [-0.25, -0.2) is 0 Å². The van der Waals surface area contributed by atoms with E-state index in [1.165, 1.54) is 5.56 Å². The standard InChI is InChI=1S/C13H15ClN2O/c1-17-13-3-2-11(14)8-12(13)16-7-5-10(9-16)4-6-15/h2-3,5,7-9H,4,6,15H2,1H3. The lowest BCUT2D eigenvalue weighted by Gasteiger charge is -2.09. The van der Waals surface area contributed by atoms with Crippen molar-refractivity contribution in [2.75, 3.05) is 13.7 Å². The Hall–Kier alpha value is -1.45. The van der Waals surface area contributed by atoms with Crippen LogP contribution in [0.5, 0.6) is 5.75 Å². The molecular formula is C13H15ClN2O. The number of benzene rings is 1. The fourth-order valence-corrected chi connectivity index (χ4v) is 1.94. The molecule has 0 aliphatic rings. The van der Waals surface area contributed by atoms with Crippen LogP contribution in [0.2, 0.25) is 5.02 Å². The summed E-state index contributed by atoms with van der Waals surface area (Å²) in [7, 11) is 1.65. The number of ether oxygens (including phenoxy) is 1. The summed E-state index contributed by atoms with van der Waals surface area (Å²) in [6.07, 6.45) is 4.90. The van der Waals surface area contributed by atoms with Gasteiger partial charge in [0.25, 0.3) is 0 Å². The van der Waals surface area contributed by atoms with Gasteiger partial charge >= 0.3 is 0 Å². The normalized spacial score (nSPS) is 10.5. The van der Waals surface area contributed by atoms with Gasteiger partial charge in [-0.3, -0.25) is 0 Å². The minimum Gasteiger partial charge on any atom is -0.495 e. The van der Waals surface area contributed by atoms with Crippen LogP contribution in [0.25, 0.3) is 5.69 Å². The van der Waals surface area contributed by atoms with Gasteiger partial charge in [0.15, 0.2) is 0 Å². The maximum absolute atomic E-state index is 6.00. The SMILES string of the molecule is COc1ccc(Cl)cc1-n1ccc(CCN)c1. The average molecular weight is 251 g/mol. The molecule has 17 heavy (non-hydrogen) atoms. The maximum atomic E-state index is 6.00. The van der Waals surface area contributed by atoms with Crippen LogP contribution >= 0.6 is 11.6 Å². The number of hydrogen-bond acceptors (Lipinski definition) is 2. The van der Waals surface area contributed by atoms with E-state index in [0.29, 0.717) is 11.6 Å². The highest BCUT2D eigenvalue weighted by Gasteiger charge is 2.06. The third kappa shape index (κ3) is 2.62. The van der Waals surface area contributed by atoms with Crippen LogP contribution in [0.15, 0.2) is 36.7 Å². The van der Waals surface area contributed by atoms with E-state index in [4.69, 9.17) is 22.1 Å². The minimum absolute atomic E-state index is 0.649. The first-order valence-electron chi connectivity index (χ1n) is 5.45. The number of aromatic nitrogens is 1. The van der Waals surface area contributed by atoms with Gasteiger partial charge in [-0.15, -0.1) is 0 Å². The molecule has 0 fully saturated rings. The highest BCUT2D eigenvalue weighted by Crippen LogP contribution is 2.26. The highest BCUT2D eigenvalue weighted by atomic mass is 35.5. The third-order valence-corrected chi connectivity index (χ3v) is 2.84. The van der Waals surface area contributed by atoms with E-state index in [2.05, 4.69) is 0 Å². The van der Waals surface area contributed by atoms with Crippen molar-refractivity contribution in [2.24, 2.45) is 5.73 Å². The molecule has 0 aliphatic carbocycles. The zero-order valence-corrected chi connectivity index (χ0v) is 10.4. The summed E-state index contributed by atoms with van der Waals surface area (Å²) < 4.78 is 7.32. The molecule has 1 heterocycles. The molecule has 1 aromatic carbocycles. The Kier molecular flexibility index (Phi) is 3.71. The lowest BCUT2D eigenvalue weighted by molar-refractivity contribution is 0.413. The molecule has 0 radical (unpaired) electrons. The molecule has 1 aromatic heterocycles. The molecule has 0 amide bonds. The Bertz CT molecular complexity index is 508. The van der Waals surface area contributed by atoms with Crippen molar-refractivity contribution in [1.29, 1.82) is 0 Å². The number of nitrogens with two attached hydrogens (primary N) is 1. The quantitative estimate of drug-likeness (QED) is 0.906. The van der Waals surface area contributed by atoms with Gasteiger partial charge in [-0.1, -0.05) is 11.6 Å². The largest absolute Gasteiger partial charge is 0.495 e. The van der Waals surface area contributed by atoms with E-state index < -0.39 is 0 Å². The predicted molar refractivity (Wildman–Crippen MR) is 70.1 cm³/mol. The summed E-state index contributed by atoms with van der Waals surface area (Å²) in [5.74, 6) is 0.796. The molecule has 0 saturated carbocycles. The summed E-state index contributed by atoms with van der Waals surface area (Å²) in [4.78, 5) is 0. The Morgan fingerprint density at radius 1 is 1.35 bits per heavy atom.